The lowest BCUT2D eigenvalue weighted by molar-refractivity contribution is -0.115. The minimum Gasteiger partial charge on any atom is -0.497 e. The number of carbonyl (C=O) groups is 1. The molecule has 1 atom stereocenters. The molecule has 2 aromatic heterocycles. The number of thiophene rings is 1. The van der Waals surface area contributed by atoms with Gasteiger partial charge in [0.2, 0.25) is 5.91 Å². The summed E-state index contributed by atoms with van der Waals surface area (Å²) in [7, 11) is 1.59. The number of anilines is 1. The highest BCUT2D eigenvalue weighted by atomic mass is 32.2. The number of aromatic amines is 1. The zero-order chi connectivity index (χ0) is 22.0. The van der Waals surface area contributed by atoms with Gasteiger partial charge in [-0.1, -0.05) is 42.1 Å². The summed E-state index contributed by atoms with van der Waals surface area (Å²) >= 11 is 2.71. The Hall–Kier alpha value is -3.10. The molecule has 0 spiro atoms. The van der Waals surface area contributed by atoms with Crippen LogP contribution in [-0.2, 0) is 4.79 Å². The summed E-state index contributed by atoms with van der Waals surface area (Å²) < 4.78 is 5.13. The van der Waals surface area contributed by atoms with Crippen LogP contribution in [0.4, 0.5) is 5.69 Å². The van der Waals surface area contributed by atoms with Crippen LogP contribution in [0.15, 0.2) is 64.5 Å². The quantitative estimate of drug-likeness (QED) is 0.315. The molecule has 4 rings (SSSR count). The van der Waals surface area contributed by atoms with Crippen LogP contribution in [0.25, 0.3) is 21.3 Å². The number of aromatic nitrogens is 2. The predicted molar refractivity (Wildman–Crippen MR) is 127 cm³/mol. The zero-order valence-corrected chi connectivity index (χ0v) is 18.9. The first-order valence-electron chi connectivity index (χ1n) is 9.66. The molecule has 0 aliphatic rings. The van der Waals surface area contributed by atoms with E-state index in [0.717, 1.165) is 21.8 Å². The minimum atomic E-state index is -0.447. The van der Waals surface area contributed by atoms with E-state index >= 15 is 0 Å². The van der Waals surface area contributed by atoms with Crippen molar-refractivity contribution in [3.8, 4) is 16.9 Å². The molecule has 31 heavy (non-hydrogen) atoms. The average molecular weight is 452 g/mol. The lowest BCUT2D eigenvalue weighted by Gasteiger charge is -2.12. The van der Waals surface area contributed by atoms with Gasteiger partial charge in [0.05, 0.1) is 17.7 Å². The van der Waals surface area contributed by atoms with Crippen molar-refractivity contribution in [3.05, 3.63) is 69.8 Å². The number of aryl methyl sites for hydroxylation is 1. The summed E-state index contributed by atoms with van der Waals surface area (Å²) in [5.41, 5.74) is 2.39. The van der Waals surface area contributed by atoms with Gasteiger partial charge in [-0.2, -0.15) is 0 Å². The Morgan fingerprint density at radius 3 is 2.55 bits per heavy atom. The van der Waals surface area contributed by atoms with Crippen LogP contribution in [0, 0.1) is 6.92 Å². The Labute approximate surface area is 187 Å². The number of benzene rings is 2. The lowest BCUT2D eigenvalue weighted by atomic mass is 10.0. The van der Waals surface area contributed by atoms with Crippen LogP contribution in [-0.4, -0.2) is 28.2 Å². The Morgan fingerprint density at radius 1 is 1.16 bits per heavy atom. The van der Waals surface area contributed by atoms with Crippen molar-refractivity contribution in [2.75, 3.05) is 12.4 Å². The Balaban J connectivity index is 1.56. The normalized spacial score (nSPS) is 12.0. The second kappa shape index (κ2) is 8.95. The van der Waals surface area contributed by atoms with Gasteiger partial charge in [0, 0.05) is 16.1 Å². The van der Waals surface area contributed by atoms with Gasteiger partial charge in [0.1, 0.15) is 10.6 Å². The highest BCUT2D eigenvalue weighted by Crippen LogP contribution is 2.36. The smallest absolute Gasteiger partial charge is 0.260 e. The molecule has 2 N–H and O–H groups in total. The maximum atomic E-state index is 12.9. The van der Waals surface area contributed by atoms with E-state index in [1.165, 1.54) is 23.1 Å². The summed E-state index contributed by atoms with van der Waals surface area (Å²) in [5.74, 6) is 0.543. The first-order chi connectivity index (χ1) is 15.0. The van der Waals surface area contributed by atoms with Crippen molar-refractivity contribution in [3.63, 3.8) is 0 Å². The Morgan fingerprint density at radius 2 is 1.87 bits per heavy atom. The predicted octanol–water partition coefficient (Wildman–Crippen LogP) is 5.09. The van der Waals surface area contributed by atoms with E-state index in [0.29, 0.717) is 21.1 Å². The van der Waals surface area contributed by atoms with Crippen molar-refractivity contribution in [1.82, 2.24) is 9.97 Å². The number of carbonyl (C=O) groups excluding carboxylic acids is 1. The van der Waals surface area contributed by atoms with E-state index in [-0.39, 0.29) is 11.5 Å². The number of nitrogens with zero attached hydrogens (tertiary/aromatic N) is 1. The molecule has 1 amide bonds. The molecule has 0 radical (unpaired) electrons. The van der Waals surface area contributed by atoms with Crippen molar-refractivity contribution in [2.24, 2.45) is 0 Å². The Kier molecular flexibility index (Phi) is 6.11. The molecule has 8 heteroatoms. The third kappa shape index (κ3) is 4.50. The number of thioether (sulfide) groups is 1. The molecule has 2 heterocycles. The summed E-state index contributed by atoms with van der Waals surface area (Å²) in [5, 5.41) is 3.44. The van der Waals surface area contributed by atoms with E-state index in [1.807, 2.05) is 37.3 Å². The molecular weight excluding hydrogens is 430 g/mol. The maximum absolute atomic E-state index is 12.9. The fourth-order valence-corrected chi connectivity index (χ4v) is 5.15. The largest absolute Gasteiger partial charge is 0.497 e. The molecule has 4 aromatic rings. The number of rotatable bonds is 6. The van der Waals surface area contributed by atoms with Crippen LogP contribution >= 0.6 is 23.1 Å². The topological polar surface area (TPSA) is 84.1 Å². The molecule has 1 unspecified atom stereocenters. The minimum absolute atomic E-state index is 0.176. The summed E-state index contributed by atoms with van der Waals surface area (Å²) in [6.45, 7) is 3.77. The number of ether oxygens (including phenoxy) is 1. The van der Waals surface area contributed by atoms with Gasteiger partial charge in [-0.05, 0) is 43.7 Å². The van der Waals surface area contributed by atoms with E-state index in [9.17, 15) is 9.59 Å². The van der Waals surface area contributed by atoms with Crippen LogP contribution in [0.5, 0.6) is 5.75 Å². The first kappa shape index (κ1) is 21.1. The van der Waals surface area contributed by atoms with Crippen molar-refractivity contribution in [2.45, 2.75) is 24.3 Å². The molecule has 6 nitrogen and oxygen atoms in total. The fourth-order valence-electron chi connectivity index (χ4n) is 3.25. The number of hydrogen-bond donors (Lipinski definition) is 2. The van der Waals surface area contributed by atoms with Crippen LogP contribution in [0.1, 0.15) is 11.8 Å². The molecule has 0 aliphatic carbocycles. The van der Waals surface area contributed by atoms with Crippen LogP contribution in [0.2, 0.25) is 0 Å². The van der Waals surface area contributed by atoms with Crippen molar-refractivity contribution < 1.29 is 9.53 Å². The highest BCUT2D eigenvalue weighted by Gasteiger charge is 2.20. The van der Waals surface area contributed by atoms with Crippen LogP contribution in [0.3, 0.4) is 0 Å². The second-order valence-corrected chi connectivity index (χ2v) is 9.46. The number of hydrogen-bond acceptors (Lipinski definition) is 6. The molecule has 0 saturated carbocycles. The SMILES string of the molecule is COc1ccc(NC(=O)C(C)Sc2nc3sc(C)c(-c4ccccc4)c3c(=O)[nH]2)cc1. The van der Waals surface area contributed by atoms with Gasteiger partial charge in [-0.15, -0.1) is 11.3 Å². The summed E-state index contributed by atoms with van der Waals surface area (Å²) in [6.07, 6.45) is 0. The van der Waals surface area contributed by atoms with Crippen molar-refractivity contribution >= 4 is 44.9 Å². The zero-order valence-electron chi connectivity index (χ0n) is 17.3. The summed E-state index contributed by atoms with van der Waals surface area (Å²) in [4.78, 5) is 34.7. The fraction of sp³-hybridized carbons (Fsp3) is 0.174. The average Bonchev–Trinajstić information content (AvgIpc) is 3.11. The second-order valence-electron chi connectivity index (χ2n) is 6.93. The van der Waals surface area contributed by atoms with Gasteiger partial charge in [-0.25, -0.2) is 4.98 Å². The maximum Gasteiger partial charge on any atom is 0.260 e. The monoisotopic (exact) mass is 451 g/mol. The van der Waals surface area contributed by atoms with Gasteiger partial charge < -0.3 is 15.0 Å². The molecule has 158 valence electrons. The van der Waals surface area contributed by atoms with E-state index in [4.69, 9.17) is 4.74 Å². The van der Waals surface area contributed by atoms with Gasteiger partial charge >= 0.3 is 0 Å². The number of methoxy groups -OCH3 is 1. The molecule has 0 saturated heterocycles. The number of amides is 1. The lowest BCUT2D eigenvalue weighted by Crippen LogP contribution is -2.23. The number of H-pyrrole nitrogens is 1. The number of fused-ring (bicyclic) bond motifs is 1. The van der Waals surface area contributed by atoms with Gasteiger partial charge in [0.25, 0.3) is 5.56 Å². The molecule has 0 aliphatic heterocycles. The highest BCUT2D eigenvalue weighted by molar-refractivity contribution is 8.00. The van der Waals surface area contributed by atoms with Crippen molar-refractivity contribution in [1.29, 1.82) is 0 Å². The Bertz CT molecular complexity index is 1280. The molecule has 2 aromatic carbocycles. The van der Waals surface area contributed by atoms with E-state index < -0.39 is 5.25 Å². The van der Waals surface area contributed by atoms with E-state index in [1.54, 1.807) is 38.3 Å². The van der Waals surface area contributed by atoms with Crippen LogP contribution < -0.4 is 15.6 Å². The molecule has 0 fully saturated rings. The third-order valence-electron chi connectivity index (χ3n) is 4.79. The number of nitrogens with one attached hydrogen (secondary N) is 2. The summed E-state index contributed by atoms with van der Waals surface area (Å²) in [6, 6.07) is 16.9. The third-order valence-corrected chi connectivity index (χ3v) is 6.78. The molecule has 0 bridgehead atoms. The van der Waals surface area contributed by atoms with Gasteiger partial charge in [-0.3, -0.25) is 9.59 Å². The van der Waals surface area contributed by atoms with E-state index in [2.05, 4.69) is 15.3 Å². The standard InChI is InChI=1S/C23H21N3O3S2/c1-13-18(15-7-5-4-6-8-15)19-21(28)25-23(26-22(19)30-13)31-14(2)20(27)24-16-9-11-17(29-3)12-10-16/h4-12,14H,1-3H3,(H,24,27)(H,25,26,28). The molecular formula is C23H21N3O3S2. The first-order valence-corrected chi connectivity index (χ1v) is 11.4. The van der Waals surface area contributed by atoms with Gasteiger partial charge in [0.15, 0.2) is 5.16 Å².